The van der Waals surface area contributed by atoms with E-state index >= 15 is 0 Å². The summed E-state index contributed by atoms with van der Waals surface area (Å²) in [7, 11) is 1.70. The largest absolute Gasteiger partial charge is 0.497 e. The maximum Gasteiger partial charge on any atom is 0.118 e. The molecule has 0 aromatic heterocycles. The molecule has 0 saturated carbocycles. The van der Waals surface area contributed by atoms with E-state index in [1.54, 1.807) is 7.11 Å². The second-order valence-electron chi connectivity index (χ2n) is 4.81. The summed E-state index contributed by atoms with van der Waals surface area (Å²) in [5.41, 5.74) is 1.35. The Kier molecular flexibility index (Phi) is 7.99. The molecule has 0 heterocycles. The number of allylic oxidation sites excluding steroid dienone is 1. The average molecular weight is 261 g/mol. The lowest BCUT2D eigenvalue weighted by Gasteiger charge is -2.18. The first kappa shape index (κ1) is 15.8. The summed E-state index contributed by atoms with van der Waals surface area (Å²) in [5.74, 6) is 0.921. The molecule has 0 bridgehead atoms. The summed E-state index contributed by atoms with van der Waals surface area (Å²) < 4.78 is 5.20. The van der Waals surface area contributed by atoms with Crippen LogP contribution in [0.15, 0.2) is 36.9 Å². The van der Waals surface area contributed by atoms with Crippen molar-refractivity contribution in [3.63, 3.8) is 0 Å². The van der Waals surface area contributed by atoms with Gasteiger partial charge in [0.2, 0.25) is 0 Å². The van der Waals surface area contributed by atoms with Crippen molar-refractivity contribution < 1.29 is 4.74 Å². The highest BCUT2D eigenvalue weighted by molar-refractivity contribution is 5.29. The summed E-state index contributed by atoms with van der Waals surface area (Å²) in [6, 6.07) is 8.86. The first-order valence-electron chi connectivity index (χ1n) is 7.30. The Hall–Kier alpha value is -1.28. The zero-order chi connectivity index (χ0) is 13.9. The third-order valence-corrected chi connectivity index (χ3v) is 3.37. The number of nitrogens with one attached hydrogen (secondary N) is 1. The molecule has 1 N–H and O–H groups in total. The fourth-order valence-electron chi connectivity index (χ4n) is 2.28. The Balaban J connectivity index is 2.47. The fraction of sp³-hybridized carbons (Fsp3) is 0.529. The molecule has 0 amide bonds. The lowest BCUT2D eigenvalue weighted by atomic mass is 10.00. The van der Waals surface area contributed by atoms with E-state index in [2.05, 4.69) is 31.0 Å². The molecule has 0 spiro atoms. The SMILES string of the molecule is C=CCCCCCC(NCC)c1ccc(OC)cc1. The smallest absolute Gasteiger partial charge is 0.118 e. The van der Waals surface area contributed by atoms with E-state index in [9.17, 15) is 0 Å². The van der Waals surface area contributed by atoms with Gasteiger partial charge in [0.05, 0.1) is 7.11 Å². The molecule has 0 aliphatic heterocycles. The van der Waals surface area contributed by atoms with Crippen LogP contribution in [-0.2, 0) is 0 Å². The van der Waals surface area contributed by atoms with Crippen LogP contribution < -0.4 is 10.1 Å². The van der Waals surface area contributed by atoms with Crippen LogP contribution in [0.4, 0.5) is 0 Å². The van der Waals surface area contributed by atoms with Crippen molar-refractivity contribution in [1.29, 1.82) is 0 Å². The van der Waals surface area contributed by atoms with Gasteiger partial charge in [-0.25, -0.2) is 0 Å². The molecular weight excluding hydrogens is 234 g/mol. The van der Waals surface area contributed by atoms with Gasteiger partial charge in [-0.15, -0.1) is 6.58 Å². The molecule has 1 aromatic rings. The minimum absolute atomic E-state index is 0.458. The Morgan fingerprint density at radius 1 is 1.21 bits per heavy atom. The van der Waals surface area contributed by atoms with Gasteiger partial charge >= 0.3 is 0 Å². The van der Waals surface area contributed by atoms with Crippen molar-refractivity contribution >= 4 is 0 Å². The number of hydrogen-bond acceptors (Lipinski definition) is 2. The van der Waals surface area contributed by atoms with Crippen LogP contribution in [0.2, 0.25) is 0 Å². The van der Waals surface area contributed by atoms with Crippen molar-refractivity contribution in [2.45, 2.75) is 45.1 Å². The maximum atomic E-state index is 5.20. The van der Waals surface area contributed by atoms with Gasteiger partial charge in [-0.3, -0.25) is 0 Å². The van der Waals surface area contributed by atoms with Gasteiger partial charge in [0, 0.05) is 6.04 Å². The number of benzene rings is 1. The van der Waals surface area contributed by atoms with E-state index in [0.29, 0.717) is 6.04 Å². The standard InChI is InChI=1S/C17H27NO/c1-4-6-7-8-9-10-17(18-5-2)15-11-13-16(19-3)14-12-15/h4,11-14,17-18H,1,5-10H2,2-3H3. The van der Waals surface area contributed by atoms with E-state index in [1.165, 1.54) is 31.2 Å². The molecule has 106 valence electrons. The van der Waals surface area contributed by atoms with Crippen LogP contribution >= 0.6 is 0 Å². The minimum atomic E-state index is 0.458. The van der Waals surface area contributed by atoms with Crippen LogP contribution in [0.25, 0.3) is 0 Å². The van der Waals surface area contributed by atoms with Crippen molar-refractivity contribution in [1.82, 2.24) is 5.32 Å². The van der Waals surface area contributed by atoms with E-state index < -0.39 is 0 Å². The van der Waals surface area contributed by atoms with Gasteiger partial charge in [0.1, 0.15) is 5.75 Å². The van der Waals surface area contributed by atoms with Gasteiger partial charge < -0.3 is 10.1 Å². The maximum absolute atomic E-state index is 5.20. The van der Waals surface area contributed by atoms with Crippen molar-refractivity contribution in [3.05, 3.63) is 42.5 Å². The third-order valence-electron chi connectivity index (χ3n) is 3.37. The predicted molar refractivity (Wildman–Crippen MR) is 82.7 cm³/mol. The predicted octanol–water partition coefficient (Wildman–Crippen LogP) is 4.48. The van der Waals surface area contributed by atoms with Crippen LogP contribution in [0.3, 0.4) is 0 Å². The lowest BCUT2D eigenvalue weighted by molar-refractivity contribution is 0.414. The van der Waals surface area contributed by atoms with Crippen LogP contribution in [-0.4, -0.2) is 13.7 Å². The minimum Gasteiger partial charge on any atom is -0.497 e. The Labute approximate surface area is 117 Å². The summed E-state index contributed by atoms with van der Waals surface area (Å²) in [4.78, 5) is 0. The number of methoxy groups -OCH3 is 1. The molecule has 19 heavy (non-hydrogen) atoms. The highest BCUT2D eigenvalue weighted by atomic mass is 16.5. The zero-order valence-corrected chi connectivity index (χ0v) is 12.3. The molecule has 0 fully saturated rings. The summed E-state index contributed by atoms with van der Waals surface area (Å²) >= 11 is 0. The molecule has 1 atom stereocenters. The third kappa shape index (κ3) is 5.93. The van der Waals surface area contributed by atoms with Gasteiger partial charge in [-0.05, 0) is 43.5 Å². The molecule has 2 heteroatoms. The number of ether oxygens (including phenoxy) is 1. The summed E-state index contributed by atoms with van der Waals surface area (Å²) in [5, 5.41) is 3.57. The summed E-state index contributed by atoms with van der Waals surface area (Å²) in [6.45, 7) is 6.93. The van der Waals surface area contributed by atoms with Crippen molar-refractivity contribution in [2.24, 2.45) is 0 Å². The topological polar surface area (TPSA) is 21.3 Å². The van der Waals surface area contributed by atoms with E-state index in [4.69, 9.17) is 4.74 Å². The van der Waals surface area contributed by atoms with Crippen LogP contribution in [0.5, 0.6) is 5.75 Å². The van der Waals surface area contributed by atoms with Gasteiger partial charge in [0.15, 0.2) is 0 Å². The monoisotopic (exact) mass is 261 g/mol. The van der Waals surface area contributed by atoms with Gasteiger partial charge in [-0.1, -0.05) is 38.0 Å². The zero-order valence-electron chi connectivity index (χ0n) is 12.3. The normalized spacial score (nSPS) is 12.1. The fourth-order valence-corrected chi connectivity index (χ4v) is 2.28. The molecule has 0 saturated heterocycles. The lowest BCUT2D eigenvalue weighted by Crippen LogP contribution is -2.20. The Bertz CT molecular complexity index is 345. The highest BCUT2D eigenvalue weighted by Crippen LogP contribution is 2.22. The molecule has 2 nitrogen and oxygen atoms in total. The van der Waals surface area contributed by atoms with E-state index in [1.807, 2.05) is 18.2 Å². The molecule has 0 aliphatic carbocycles. The van der Waals surface area contributed by atoms with E-state index in [-0.39, 0.29) is 0 Å². The van der Waals surface area contributed by atoms with Crippen LogP contribution in [0, 0.1) is 0 Å². The molecular formula is C17H27NO. The Morgan fingerprint density at radius 3 is 2.53 bits per heavy atom. The van der Waals surface area contributed by atoms with Crippen molar-refractivity contribution in [2.75, 3.05) is 13.7 Å². The van der Waals surface area contributed by atoms with Crippen LogP contribution in [0.1, 0.15) is 50.6 Å². The molecule has 0 aliphatic rings. The van der Waals surface area contributed by atoms with Crippen molar-refractivity contribution in [3.8, 4) is 5.75 Å². The number of unbranched alkanes of at least 4 members (excludes halogenated alkanes) is 3. The molecule has 1 aromatic carbocycles. The second-order valence-corrected chi connectivity index (χ2v) is 4.81. The number of hydrogen-bond donors (Lipinski definition) is 1. The quantitative estimate of drug-likeness (QED) is 0.495. The molecule has 1 unspecified atom stereocenters. The summed E-state index contributed by atoms with van der Waals surface area (Å²) in [6.07, 6.45) is 8.13. The Morgan fingerprint density at radius 2 is 1.95 bits per heavy atom. The first-order chi connectivity index (χ1) is 9.31. The van der Waals surface area contributed by atoms with E-state index in [0.717, 1.165) is 18.7 Å². The van der Waals surface area contributed by atoms with Gasteiger partial charge in [-0.2, -0.15) is 0 Å². The highest BCUT2D eigenvalue weighted by Gasteiger charge is 2.09. The average Bonchev–Trinajstić information content (AvgIpc) is 2.46. The molecule has 0 radical (unpaired) electrons. The second kappa shape index (κ2) is 9.62. The first-order valence-corrected chi connectivity index (χ1v) is 7.30. The number of rotatable bonds is 10. The van der Waals surface area contributed by atoms with Gasteiger partial charge in [0.25, 0.3) is 0 Å². The molecule has 1 rings (SSSR count).